The van der Waals surface area contributed by atoms with Crippen molar-refractivity contribution in [1.29, 1.82) is 0 Å². The van der Waals surface area contributed by atoms with Crippen LogP contribution in [0.3, 0.4) is 0 Å². The Morgan fingerprint density at radius 1 is 1.13 bits per heavy atom. The van der Waals surface area contributed by atoms with Gasteiger partial charge in [0.05, 0.1) is 41.9 Å². The molecular weight excluding hydrogens is 503 g/mol. The lowest BCUT2D eigenvalue weighted by Gasteiger charge is -2.27. The molecule has 38 heavy (non-hydrogen) atoms. The van der Waals surface area contributed by atoms with E-state index in [9.17, 15) is 18.0 Å². The number of fused-ring (bicyclic) bond motifs is 1. The molecular formula is C25H26F3N7O3. The molecule has 0 spiro atoms. The number of alkyl halides is 3. The van der Waals surface area contributed by atoms with E-state index >= 15 is 0 Å². The molecule has 0 aliphatic carbocycles. The average molecular weight is 530 g/mol. The first-order valence-electron chi connectivity index (χ1n) is 12.0. The third-order valence-electron chi connectivity index (χ3n) is 6.17. The first-order chi connectivity index (χ1) is 18.0. The van der Waals surface area contributed by atoms with Crippen LogP contribution in [0.5, 0.6) is 0 Å². The monoisotopic (exact) mass is 529 g/mol. The zero-order chi connectivity index (χ0) is 27.1. The van der Waals surface area contributed by atoms with Gasteiger partial charge in [0, 0.05) is 30.6 Å². The summed E-state index contributed by atoms with van der Waals surface area (Å²) < 4.78 is 54.3. The van der Waals surface area contributed by atoms with Crippen LogP contribution in [0.4, 0.5) is 18.9 Å². The van der Waals surface area contributed by atoms with Gasteiger partial charge in [-0.1, -0.05) is 38.1 Å². The third-order valence-corrected chi connectivity index (χ3v) is 6.17. The van der Waals surface area contributed by atoms with Gasteiger partial charge >= 0.3 is 6.18 Å². The molecule has 1 aliphatic heterocycles. The minimum atomic E-state index is -4.66. The summed E-state index contributed by atoms with van der Waals surface area (Å²) in [6.45, 7) is 7.74. The van der Waals surface area contributed by atoms with Gasteiger partial charge in [-0.2, -0.15) is 23.3 Å². The second kappa shape index (κ2) is 9.71. The Balaban J connectivity index is 1.42. The molecule has 3 aromatic heterocycles. The van der Waals surface area contributed by atoms with Crippen LogP contribution in [0, 0.1) is 0 Å². The van der Waals surface area contributed by atoms with Gasteiger partial charge in [-0.15, -0.1) is 0 Å². The second-order valence-electron chi connectivity index (χ2n) is 9.96. The largest absolute Gasteiger partial charge is 0.416 e. The molecule has 1 saturated heterocycles. The van der Waals surface area contributed by atoms with Gasteiger partial charge in [0.15, 0.2) is 0 Å². The summed E-state index contributed by atoms with van der Waals surface area (Å²) in [5.74, 6) is -0.725. The number of halogens is 3. The molecule has 1 fully saturated rings. The highest BCUT2D eigenvalue weighted by atomic mass is 19.4. The quantitative estimate of drug-likeness (QED) is 0.415. The number of hydrogen-bond acceptors (Lipinski definition) is 8. The van der Waals surface area contributed by atoms with E-state index in [4.69, 9.17) is 9.26 Å². The van der Waals surface area contributed by atoms with Gasteiger partial charge in [0.1, 0.15) is 6.33 Å². The van der Waals surface area contributed by atoms with Gasteiger partial charge in [0.2, 0.25) is 5.89 Å². The lowest BCUT2D eigenvalue weighted by atomic mass is 9.97. The minimum Gasteiger partial charge on any atom is -0.378 e. The van der Waals surface area contributed by atoms with Crippen LogP contribution in [-0.4, -0.2) is 56.9 Å². The smallest absolute Gasteiger partial charge is 0.378 e. The van der Waals surface area contributed by atoms with Crippen molar-refractivity contribution >= 4 is 17.1 Å². The lowest BCUT2D eigenvalue weighted by molar-refractivity contribution is -0.138. The number of anilines is 1. The van der Waals surface area contributed by atoms with Crippen molar-refractivity contribution in [3.63, 3.8) is 0 Å². The molecule has 0 atom stereocenters. The highest BCUT2D eigenvalue weighted by molar-refractivity contribution is 5.90. The Bertz CT molecular complexity index is 1470. The predicted octanol–water partition coefficient (Wildman–Crippen LogP) is 3.86. The SMILES string of the molecule is CC(C)(C)c1nc(C(=O)NCc2ccc(-c3ncnn4cc(N5CCOCC5)cc34)cc2C(F)(F)F)no1. The standard InChI is InChI=1S/C25H26F3N7O3/c1-24(2,3)23-32-21(33-38-23)22(36)29-12-16-5-4-15(10-18(16)25(26,27)28)20-19-11-17(13-35(19)31-14-30-20)34-6-8-37-9-7-34/h4-5,10-11,13-14H,6-9,12H2,1-3H3,(H,29,36). The number of rotatable bonds is 5. The summed E-state index contributed by atoms with van der Waals surface area (Å²) in [6.07, 6.45) is -1.53. The van der Waals surface area contributed by atoms with E-state index in [0.717, 1.165) is 11.8 Å². The van der Waals surface area contributed by atoms with Crippen LogP contribution in [0.15, 0.2) is 41.3 Å². The van der Waals surface area contributed by atoms with Crippen molar-refractivity contribution in [1.82, 2.24) is 30.1 Å². The molecule has 10 nitrogen and oxygen atoms in total. The molecule has 1 aliphatic rings. The Kier molecular flexibility index (Phi) is 6.55. The lowest BCUT2D eigenvalue weighted by Crippen LogP contribution is -2.35. The maximum Gasteiger partial charge on any atom is 0.416 e. The van der Waals surface area contributed by atoms with Crippen LogP contribution in [0.2, 0.25) is 0 Å². The number of hydrogen-bond donors (Lipinski definition) is 1. The number of carbonyl (C=O) groups is 1. The Labute approximate surface area is 215 Å². The predicted molar refractivity (Wildman–Crippen MR) is 131 cm³/mol. The van der Waals surface area contributed by atoms with Crippen LogP contribution in [-0.2, 0) is 22.9 Å². The fourth-order valence-corrected chi connectivity index (χ4v) is 4.15. The topological polar surface area (TPSA) is 111 Å². The van der Waals surface area contributed by atoms with Crippen LogP contribution in [0.1, 0.15) is 48.4 Å². The summed E-state index contributed by atoms with van der Waals surface area (Å²) in [5, 5.41) is 10.3. The highest BCUT2D eigenvalue weighted by Gasteiger charge is 2.34. The first kappa shape index (κ1) is 25.6. The number of carbonyl (C=O) groups excluding carboxylic acids is 1. The van der Waals surface area contributed by atoms with Crippen molar-refractivity contribution in [3.05, 3.63) is 59.6 Å². The van der Waals surface area contributed by atoms with Gasteiger partial charge in [0.25, 0.3) is 11.7 Å². The van der Waals surface area contributed by atoms with E-state index in [2.05, 4.69) is 30.4 Å². The van der Waals surface area contributed by atoms with E-state index in [1.807, 2.05) is 33.0 Å². The normalized spacial score (nSPS) is 14.7. The van der Waals surface area contributed by atoms with Gasteiger partial charge in [-0.25, -0.2) is 9.50 Å². The summed E-state index contributed by atoms with van der Waals surface area (Å²) >= 11 is 0. The molecule has 4 aromatic rings. The number of amides is 1. The van der Waals surface area contributed by atoms with Crippen molar-refractivity contribution in [3.8, 4) is 11.3 Å². The maximum atomic E-state index is 14.1. The molecule has 1 aromatic carbocycles. The van der Waals surface area contributed by atoms with Crippen LogP contribution < -0.4 is 10.2 Å². The minimum absolute atomic E-state index is 0.108. The summed E-state index contributed by atoms with van der Waals surface area (Å²) in [6, 6.07) is 5.78. The van der Waals surface area contributed by atoms with E-state index in [1.165, 1.54) is 12.4 Å². The molecule has 4 heterocycles. The van der Waals surface area contributed by atoms with E-state index in [-0.39, 0.29) is 29.4 Å². The highest BCUT2D eigenvalue weighted by Crippen LogP contribution is 2.36. The fraction of sp³-hybridized carbons (Fsp3) is 0.400. The molecule has 0 unspecified atom stereocenters. The van der Waals surface area contributed by atoms with E-state index in [1.54, 1.807) is 10.6 Å². The zero-order valence-corrected chi connectivity index (χ0v) is 21.0. The van der Waals surface area contributed by atoms with Crippen molar-refractivity contribution in [2.24, 2.45) is 0 Å². The number of benzene rings is 1. The summed E-state index contributed by atoms with van der Waals surface area (Å²) in [7, 11) is 0. The molecule has 200 valence electrons. The number of morpholine rings is 1. The number of ether oxygens (including phenoxy) is 1. The molecule has 5 rings (SSSR count). The van der Waals surface area contributed by atoms with Crippen molar-refractivity contribution in [2.75, 3.05) is 31.2 Å². The molecule has 0 radical (unpaired) electrons. The van der Waals surface area contributed by atoms with Crippen molar-refractivity contribution in [2.45, 2.75) is 38.9 Å². The van der Waals surface area contributed by atoms with Crippen molar-refractivity contribution < 1.29 is 27.2 Å². The Morgan fingerprint density at radius 2 is 1.89 bits per heavy atom. The van der Waals surface area contributed by atoms with Crippen LogP contribution >= 0.6 is 0 Å². The van der Waals surface area contributed by atoms with Gasteiger partial charge < -0.3 is 19.5 Å². The van der Waals surface area contributed by atoms with E-state index < -0.39 is 23.1 Å². The summed E-state index contributed by atoms with van der Waals surface area (Å²) in [4.78, 5) is 22.9. The Morgan fingerprint density at radius 3 is 2.58 bits per heavy atom. The van der Waals surface area contributed by atoms with Gasteiger partial charge in [-0.05, 0) is 17.7 Å². The molecule has 13 heteroatoms. The Hall–Kier alpha value is -4.00. The first-order valence-corrected chi connectivity index (χ1v) is 12.0. The number of nitrogens with zero attached hydrogens (tertiary/aromatic N) is 6. The molecule has 0 bridgehead atoms. The third kappa shape index (κ3) is 5.19. The van der Waals surface area contributed by atoms with E-state index in [0.29, 0.717) is 37.5 Å². The van der Waals surface area contributed by atoms with Crippen LogP contribution in [0.25, 0.3) is 16.8 Å². The number of nitrogens with one attached hydrogen (secondary N) is 1. The fourth-order valence-electron chi connectivity index (χ4n) is 4.15. The maximum absolute atomic E-state index is 14.1. The number of aromatic nitrogens is 5. The summed E-state index contributed by atoms with van der Waals surface area (Å²) in [5.41, 5.74) is 0.650. The molecule has 1 N–H and O–H groups in total. The second-order valence-corrected chi connectivity index (χ2v) is 9.96. The van der Waals surface area contributed by atoms with Gasteiger partial charge in [-0.3, -0.25) is 4.79 Å². The molecule has 0 saturated carbocycles. The average Bonchev–Trinajstić information content (AvgIpc) is 3.55. The zero-order valence-electron chi connectivity index (χ0n) is 21.0. The molecule has 1 amide bonds.